The summed E-state index contributed by atoms with van der Waals surface area (Å²) in [5.41, 5.74) is 1.62. The van der Waals surface area contributed by atoms with E-state index in [4.69, 9.17) is 0 Å². The highest BCUT2D eigenvalue weighted by Gasteiger charge is 2.37. The molecule has 4 unspecified atom stereocenters. The van der Waals surface area contributed by atoms with Crippen molar-refractivity contribution in [1.82, 2.24) is 0 Å². The van der Waals surface area contributed by atoms with Crippen molar-refractivity contribution >= 4 is 0 Å². The fourth-order valence-electron chi connectivity index (χ4n) is 6.44. The summed E-state index contributed by atoms with van der Waals surface area (Å²) in [6, 6.07) is 0. The van der Waals surface area contributed by atoms with Crippen LogP contribution in [-0.4, -0.2) is 11.2 Å². The highest BCUT2D eigenvalue weighted by Crippen LogP contribution is 2.46. The minimum atomic E-state index is -0.0508. The van der Waals surface area contributed by atoms with E-state index in [1.807, 2.05) is 0 Å². The molecule has 1 N–H and O–H groups in total. The third-order valence-electron chi connectivity index (χ3n) is 8.45. The van der Waals surface area contributed by atoms with E-state index in [0.717, 1.165) is 36.0 Å². The number of rotatable bonds is 4. The molecule has 0 heterocycles. The van der Waals surface area contributed by atoms with Crippen molar-refractivity contribution < 1.29 is 5.11 Å². The smallest absolute Gasteiger partial charge is 0.0608 e. The topological polar surface area (TPSA) is 20.2 Å². The number of hydrogen-bond acceptors (Lipinski definition) is 1. The highest BCUT2D eigenvalue weighted by molar-refractivity contribution is 5.14. The van der Waals surface area contributed by atoms with E-state index >= 15 is 0 Å². The lowest BCUT2D eigenvalue weighted by Gasteiger charge is -2.42. The van der Waals surface area contributed by atoms with Crippen molar-refractivity contribution in [2.24, 2.45) is 35.5 Å². The Kier molecular flexibility index (Phi) is 5.70. The van der Waals surface area contributed by atoms with E-state index in [0.29, 0.717) is 5.92 Å². The molecular formula is C24H38O. The molecule has 4 aliphatic rings. The number of allylic oxidation sites excluding steroid dienone is 2. The molecular weight excluding hydrogens is 304 g/mol. The summed E-state index contributed by atoms with van der Waals surface area (Å²) in [5.74, 6) is 4.93. The molecule has 3 fully saturated rings. The first-order valence-electron chi connectivity index (χ1n) is 11.2. The monoisotopic (exact) mass is 342 g/mol. The van der Waals surface area contributed by atoms with Crippen LogP contribution in [0.5, 0.6) is 0 Å². The van der Waals surface area contributed by atoms with Crippen LogP contribution in [0, 0.1) is 35.5 Å². The Labute approximate surface area is 155 Å². The molecule has 25 heavy (non-hydrogen) atoms. The van der Waals surface area contributed by atoms with Crippen LogP contribution in [0.15, 0.2) is 24.3 Å². The van der Waals surface area contributed by atoms with Crippen molar-refractivity contribution in [1.29, 1.82) is 0 Å². The van der Waals surface area contributed by atoms with Gasteiger partial charge in [0.05, 0.1) is 6.10 Å². The molecule has 4 atom stereocenters. The van der Waals surface area contributed by atoms with Crippen LogP contribution in [0.4, 0.5) is 0 Å². The van der Waals surface area contributed by atoms with Gasteiger partial charge in [-0.15, -0.1) is 6.58 Å². The average Bonchev–Trinajstić information content (AvgIpc) is 2.61. The second-order valence-corrected chi connectivity index (χ2v) is 9.66. The zero-order valence-electron chi connectivity index (χ0n) is 16.0. The summed E-state index contributed by atoms with van der Waals surface area (Å²) in [5, 5.41) is 10.8. The van der Waals surface area contributed by atoms with Gasteiger partial charge < -0.3 is 5.11 Å². The van der Waals surface area contributed by atoms with Gasteiger partial charge in [-0.3, -0.25) is 0 Å². The lowest BCUT2D eigenvalue weighted by molar-refractivity contribution is 0.0252. The van der Waals surface area contributed by atoms with E-state index in [-0.39, 0.29) is 6.10 Å². The van der Waals surface area contributed by atoms with Crippen LogP contribution in [0.2, 0.25) is 0 Å². The lowest BCUT2D eigenvalue weighted by Crippen LogP contribution is -2.36. The number of hydrogen-bond donors (Lipinski definition) is 1. The molecule has 0 aromatic rings. The highest BCUT2D eigenvalue weighted by atomic mass is 16.3. The first-order valence-corrected chi connectivity index (χ1v) is 11.2. The van der Waals surface area contributed by atoms with E-state index in [2.05, 4.69) is 18.7 Å². The van der Waals surface area contributed by atoms with Gasteiger partial charge in [-0.25, -0.2) is 0 Å². The summed E-state index contributed by atoms with van der Waals surface area (Å²) >= 11 is 0. The summed E-state index contributed by atoms with van der Waals surface area (Å²) in [6.07, 6.45) is 22.2. The maximum absolute atomic E-state index is 10.8. The van der Waals surface area contributed by atoms with Gasteiger partial charge in [-0.1, -0.05) is 37.0 Å². The molecule has 0 aliphatic heterocycles. The molecule has 0 aromatic carbocycles. The van der Waals surface area contributed by atoms with Crippen LogP contribution >= 0.6 is 0 Å². The average molecular weight is 343 g/mol. The molecule has 1 heteroatoms. The predicted molar refractivity (Wildman–Crippen MR) is 105 cm³/mol. The SMILES string of the molecule is C=CC1CCC(C2CC=C(C3CCC(C4CCC4)CC3O)CC2)CC1. The molecule has 0 saturated heterocycles. The Hall–Kier alpha value is -0.560. The molecule has 140 valence electrons. The van der Waals surface area contributed by atoms with E-state index in [9.17, 15) is 5.11 Å². The van der Waals surface area contributed by atoms with Crippen LogP contribution in [0.1, 0.15) is 83.5 Å². The second kappa shape index (κ2) is 7.99. The van der Waals surface area contributed by atoms with Gasteiger partial charge >= 0.3 is 0 Å². The first-order chi connectivity index (χ1) is 12.2. The molecule has 4 rings (SSSR count). The second-order valence-electron chi connectivity index (χ2n) is 9.66. The Balaban J connectivity index is 1.28. The van der Waals surface area contributed by atoms with Crippen LogP contribution in [-0.2, 0) is 0 Å². The Morgan fingerprint density at radius 2 is 1.56 bits per heavy atom. The summed E-state index contributed by atoms with van der Waals surface area (Å²) in [6.45, 7) is 3.98. The minimum Gasteiger partial charge on any atom is -0.392 e. The Morgan fingerprint density at radius 1 is 0.840 bits per heavy atom. The third kappa shape index (κ3) is 3.92. The number of aliphatic hydroxyl groups is 1. The Morgan fingerprint density at radius 3 is 2.12 bits per heavy atom. The minimum absolute atomic E-state index is 0.0508. The number of aliphatic hydroxyl groups excluding tert-OH is 1. The maximum atomic E-state index is 10.8. The summed E-state index contributed by atoms with van der Waals surface area (Å²) in [7, 11) is 0. The first kappa shape index (κ1) is 17.8. The lowest BCUT2D eigenvalue weighted by atomic mass is 9.64. The van der Waals surface area contributed by atoms with Gasteiger partial charge in [0.15, 0.2) is 0 Å². The molecule has 3 saturated carbocycles. The summed E-state index contributed by atoms with van der Waals surface area (Å²) in [4.78, 5) is 0. The fraction of sp³-hybridized carbons (Fsp3) is 0.833. The van der Waals surface area contributed by atoms with Crippen molar-refractivity contribution in [3.8, 4) is 0 Å². The van der Waals surface area contributed by atoms with Crippen LogP contribution in [0.25, 0.3) is 0 Å². The van der Waals surface area contributed by atoms with Crippen molar-refractivity contribution in [3.63, 3.8) is 0 Å². The molecule has 0 spiro atoms. The van der Waals surface area contributed by atoms with Crippen molar-refractivity contribution in [2.75, 3.05) is 0 Å². The zero-order valence-corrected chi connectivity index (χ0v) is 16.0. The standard InChI is InChI=1S/C24H38O/c1-2-17-6-8-19(9-7-17)20-10-12-21(13-11-20)23-15-14-22(16-24(23)25)18-4-3-5-18/h2,12,17-20,22-25H,1,3-11,13-16H2. The molecule has 0 bridgehead atoms. The molecule has 4 aliphatic carbocycles. The normalized spacial score (nSPS) is 43.2. The van der Waals surface area contributed by atoms with E-state index in [1.54, 1.807) is 5.57 Å². The largest absolute Gasteiger partial charge is 0.392 e. The van der Waals surface area contributed by atoms with Gasteiger partial charge in [-0.2, -0.15) is 0 Å². The molecule has 1 nitrogen and oxygen atoms in total. The molecule has 0 radical (unpaired) electrons. The van der Waals surface area contributed by atoms with Gasteiger partial charge in [0, 0.05) is 5.92 Å². The van der Waals surface area contributed by atoms with Gasteiger partial charge in [0.1, 0.15) is 0 Å². The zero-order chi connectivity index (χ0) is 17.2. The quantitative estimate of drug-likeness (QED) is 0.596. The van der Waals surface area contributed by atoms with Gasteiger partial charge in [-0.05, 0) is 93.8 Å². The Bertz CT molecular complexity index is 480. The third-order valence-corrected chi connectivity index (χ3v) is 8.45. The van der Waals surface area contributed by atoms with Gasteiger partial charge in [0.2, 0.25) is 0 Å². The predicted octanol–water partition coefficient (Wildman–Crippen LogP) is 6.28. The van der Waals surface area contributed by atoms with E-state index in [1.165, 1.54) is 77.0 Å². The van der Waals surface area contributed by atoms with Crippen LogP contribution < -0.4 is 0 Å². The van der Waals surface area contributed by atoms with E-state index < -0.39 is 0 Å². The van der Waals surface area contributed by atoms with Crippen molar-refractivity contribution in [2.45, 2.75) is 89.6 Å². The van der Waals surface area contributed by atoms with Gasteiger partial charge in [0.25, 0.3) is 0 Å². The molecule has 0 aromatic heterocycles. The molecule has 0 amide bonds. The fourth-order valence-corrected chi connectivity index (χ4v) is 6.44. The van der Waals surface area contributed by atoms with Crippen LogP contribution in [0.3, 0.4) is 0 Å². The maximum Gasteiger partial charge on any atom is 0.0608 e. The summed E-state index contributed by atoms with van der Waals surface area (Å²) < 4.78 is 0. The van der Waals surface area contributed by atoms with Crippen molar-refractivity contribution in [3.05, 3.63) is 24.3 Å².